The van der Waals surface area contributed by atoms with E-state index >= 15 is 0 Å². The predicted octanol–water partition coefficient (Wildman–Crippen LogP) is 5.02. The van der Waals surface area contributed by atoms with E-state index in [-0.39, 0.29) is 33.3 Å². The topological polar surface area (TPSA) is 128 Å². The number of para-hydroxylation sites is 1. The molecule has 0 saturated heterocycles. The second kappa shape index (κ2) is 11.9. The number of sulfonamides is 1. The highest BCUT2D eigenvalue weighted by molar-refractivity contribution is 7.89. The molecule has 1 unspecified atom stereocenters. The highest BCUT2D eigenvalue weighted by Crippen LogP contribution is 2.35. The van der Waals surface area contributed by atoms with E-state index in [0.29, 0.717) is 30.7 Å². The highest BCUT2D eigenvalue weighted by atomic mass is 32.2. The molecule has 204 valence electrons. The van der Waals surface area contributed by atoms with Crippen molar-refractivity contribution in [2.45, 2.75) is 51.5 Å². The molecule has 0 radical (unpaired) electrons. The lowest BCUT2D eigenvalue weighted by Crippen LogP contribution is -2.34. The molecule has 0 saturated carbocycles. The van der Waals surface area contributed by atoms with E-state index in [1.807, 2.05) is 45.9 Å². The molecular formula is C29H36N2O6S. The van der Waals surface area contributed by atoms with Crippen LogP contribution in [-0.4, -0.2) is 33.1 Å². The van der Waals surface area contributed by atoms with E-state index in [1.165, 1.54) is 19.2 Å². The number of aromatic hydroxyl groups is 1. The molecule has 0 heterocycles. The zero-order chi connectivity index (χ0) is 28.1. The Morgan fingerprint density at radius 3 is 2.42 bits per heavy atom. The molecule has 0 aliphatic rings. The minimum Gasteiger partial charge on any atom is -0.507 e. The first-order valence-electron chi connectivity index (χ1n) is 12.3. The number of hydrogen-bond donors (Lipinski definition) is 3. The summed E-state index contributed by atoms with van der Waals surface area (Å²) >= 11 is 0. The number of carbonyl (C=O) groups is 1. The van der Waals surface area contributed by atoms with Gasteiger partial charge >= 0.3 is 0 Å². The number of phenols is 1. The standard InChI is InChI=1S/C29H36N2O6S/c1-19-10-11-20(2)26(16-19)37-24(21-12-13-25(36-5)27(17-21)38(30,34)35)14-15-29(3,4)18-31-28(33)22-8-6-7-9-23(22)32/h6-13,16-17,24,32H,14-15,18H2,1-5H3,(H,31,33)(H2,30,34,35). The summed E-state index contributed by atoms with van der Waals surface area (Å²) in [6.45, 7) is 8.34. The van der Waals surface area contributed by atoms with Gasteiger partial charge < -0.3 is 19.9 Å². The Morgan fingerprint density at radius 2 is 1.76 bits per heavy atom. The zero-order valence-corrected chi connectivity index (χ0v) is 23.3. The molecular weight excluding hydrogens is 504 g/mol. The zero-order valence-electron chi connectivity index (χ0n) is 22.4. The van der Waals surface area contributed by atoms with Crippen molar-refractivity contribution in [1.29, 1.82) is 0 Å². The van der Waals surface area contributed by atoms with Crippen molar-refractivity contribution < 1.29 is 27.8 Å². The fourth-order valence-electron chi connectivity index (χ4n) is 4.09. The minimum absolute atomic E-state index is 0.0741. The van der Waals surface area contributed by atoms with Gasteiger partial charge in [-0.15, -0.1) is 0 Å². The van der Waals surface area contributed by atoms with E-state index in [9.17, 15) is 18.3 Å². The molecule has 9 heteroatoms. The number of rotatable bonds is 11. The van der Waals surface area contributed by atoms with Crippen LogP contribution in [0.25, 0.3) is 0 Å². The first-order valence-corrected chi connectivity index (χ1v) is 13.9. The number of nitrogens with one attached hydrogen (secondary N) is 1. The van der Waals surface area contributed by atoms with Crippen molar-refractivity contribution in [2.24, 2.45) is 10.6 Å². The Hall–Kier alpha value is -3.56. The summed E-state index contributed by atoms with van der Waals surface area (Å²) in [6, 6.07) is 17.2. The van der Waals surface area contributed by atoms with Crippen molar-refractivity contribution in [3.63, 3.8) is 0 Å². The van der Waals surface area contributed by atoms with Gasteiger partial charge in [-0.05, 0) is 79.1 Å². The van der Waals surface area contributed by atoms with Crippen LogP contribution >= 0.6 is 0 Å². The first kappa shape index (κ1) is 29.0. The number of hydrogen-bond acceptors (Lipinski definition) is 6. The van der Waals surface area contributed by atoms with Crippen molar-refractivity contribution >= 4 is 15.9 Å². The number of methoxy groups -OCH3 is 1. The van der Waals surface area contributed by atoms with Gasteiger partial charge in [0.2, 0.25) is 10.0 Å². The second-order valence-corrected chi connectivity index (χ2v) is 11.8. The van der Waals surface area contributed by atoms with Crippen LogP contribution in [0.15, 0.2) is 65.6 Å². The quantitative estimate of drug-likeness (QED) is 0.313. The molecule has 3 aromatic rings. The van der Waals surface area contributed by atoms with Gasteiger partial charge in [0.1, 0.15) is 28.2 Å². The monoisotopic (exact) mass is 540 g/mol. The summed E-state index contributed by atoms with van der Waals surface area (Å²) in [5, 5.41) is 18.3. The maximum atomic E-state index is 12.6. The summed E-state index contributed by atoms with van der Waals surface area (Å²) in [5.74, 6) is 0.435. The van der Waals surface area contributed by atoms with Crippen LogP contribution in [0.1, 0.15) is 59.8 Å². The molecule has 0 spiro atoms. The number of amides is 1. The van der Waals surface area contributed by atoms with Gasteiger partial charge in [0.15, 0.2) is 0 Å². The molecule has 0 aromatic heterocycles. The van der Waals surface area contributed by atoms with Crippen molar-refractivity contribution in [2.75, 3.05) is 13.7 Å². The molecule has 0 aliphatic carbocycles. The predicted molar refractivity (Wildman–Crippen MR) is 147 cm³/mol. The SMILES string of the molecule is COc1ccc(C(CCC(C)(C)CNC(=O)c2ccccc2O)Oc2cc(C)ccc2C)cc1S(N)(=O)=O. The lowest BCUT2D eigenvalue weighted by Gasteiger charge is -2.29. The summed E-state index contributed by atoms with van der Waals surface area (Å²) < 4.78 is 36.2. The minimum atomic E-state index is -4.03. The molecule has 38 heavy (non-hydrogen) atoms. The molecule has 4 N–H and O–H groups in total. The Kier molecular flexibility index (Phi) is 9.06. The summed E-state index contributed by atoms with van der Waals surface area (Å²) in [6.07, 6.45) is 0.679. The van der Waals surface area contributed by atoms with E-state index in [0.717, 1.165) is 11.1 Å². The summed E-state index contributed by atoms with van der Waals surface area (Å²) in [5.41, 5.74) is 2.52. The third kappa shape index (κ3) is 7.49. The van der Waals surface area contributed by atoms with E-state index in [2.05, 4.69) is 5.32 Å². The van der Waals surface area contributed by atoms with E-state index in [1.54, 1.807) is 30.3 Å². The number of carbonyl (C=O) groups excluding carboxylic acids is 1. The van der Waals surface area contributed by atoms with Crippen LogP contribution in [0.2, 0.25) is 0 Å². The molecule has 1 atom stereocenters. The van der Waals surface area contributed by atoms with Crippen LogP contribution < -0.4 is 19.9 Å². The van der Waals surface area contributed by atoms with Gasteiger partial charge in [-0.2, -0.15) is 0 Å². The number of ether oxygens (including phenoxy) is 2. The Bertz CT molecular complexity index is 1400. The van der Waals surface area contributed by atoms with Crippen LogP contribution in [-0.2, 0) is 10.0 Å². The Labute approximate surface area is 224 Å². The number of phenolic OH excluding ortho intramolecular Hbond substituents is 1. The normalized spacial score (nSPS) is 12.6. The Balaban J connectivity index is 1.85. The average Bonchev–Trinajstić information content (AvgIpc) is 2.86. The maximum absolute atomic E-state index is 12.6. The largest absolute Gasteiger partial charge is 0.507 e. The second-order valence-electron chi connectivity index (χ2n) is 10.2. The lowest BCUT2D eigenvalue weighted by molar-refractivity contribution is 0.0926. The third-order valence-corrected chi connectivity index (χ3v) is 7.37. The molecule has 1 amide bonds. The van der Waals surface area contributed by atoms with Gasteiger partial charge in [-0.1, -0.05) is 44.2 Å². The smallest absolute Gasteiger partial charge is 0.255 e. The molecule has 3 rings (SSSR count). The van der Waals surface area contributed by atoms with Crippen molar-refractivity contribution in [3.05, 3.63) is 82.9 Å². The van der Waals surface area contributed by atoms with Gasteiger partial charge in [0.25, 0.3) is 5.91 Å². The lowest BCUT2D eigenvalue weighted by atomic mass is 9.85. The van der Waals surface area contributed by atoms with Gasteiger partial charge in [0, 0.05) is 6.54 Å². The number of benzene rings is 3. The molecule has 0 fully saturated rings. The molecule has 0 aliphatic heterocycles. The maximum Gasteiger partial charge on any atom is 0.255 e. The van der Waals surface area contributed by atoms with E-state index in [4.69, 9.17) is 14.6 Å². The van der Waals surface area contributed by atoms with Crippen LogP contribution in [0, 0.1) is 19.3 Å². The number of primary sulfonamides is 1. The number of aryl methyl sites for hydroxylation is 2. The molecule has 8 nitrogen and oxygen atoms in total. The van der Waals surface area contributed by atoms with Gasteiger partial charge in [-0.25, -0.2) is 13.6 Å². The third-order valence-electron chi connectivity index (χ3n) is 6.44. The van der Waals surface area contributed by atoms with Gasteiger partial charge in [-0.3, -0.25) is 4.79 Å². The highest BCUT2D eigenvalue weighted by Gasteiger charge is 2.26. The summed E-state index contributed by atoms with van der Waals surface area (Å²) in [4.78, 5) is 12.5. The van der Waals surface area contributed by atoms with E-state index < -0.39 is 16.1 Å². The fourth-order valence-corrected chi connectivity index (χ4v) is 4.82. The molecule has 3 aromatic carbocycles. The number of nitrogens with two attached hydrogens (primary N) is 1. The fraction of sp³-hybridized carbons (Fsp3) is 0.345. The average molecular weight is 541 g/mol. The van der Waals surface area contributed by atoms with Gasteiger partial charge in [0.05, 0.1) is 12.7 Å². The van der Waals surface area contributed by atoms with Crippen LogP contribution in [0.4, 0.5) is 0 Å². The van der Waals surface area contributed by atoms with Crippen molar-refractivity contribution in [1.82, 2.24) is 5.32 Å². The first-order chi connectivity index (χ1) is 17.8. The van der Waals surface area contributed by atoms with Crippen LogP contribution in [0.5, 0.6) is 17.2 Å². The summed E-state index contributed by atoms with van der Waals surface area (Å²) in [7, 11) is -2.64. The van der Waals surface area contributed by atoms with Crippen LogP contribution in [0.3, 0.4) is 0 Å². The Morgan fingerprint density at radius 1 is 1.05 bits per heavy atom. The van der Waals surface area contributed by atoms with Crippen molar-refractivity contribution in [3.8, 4) is 17.2 Å². The molecule has 0 bridgehead atoms.